The minimum absolute atomic E-state index is 0.0174. The molecule has 2 aliphatic heterocycles. The molecule has 0 aliphatic carbocycles. The molecule has 2 fully saturated rings. The number of fused-ring (bicyclic) bond motifs is 1. The van der Waals surface area contributed by atoms with Crippen LogP contribution < -0.4 is 0 Å². The maximum atomic E-state index is 12.5. The van der Waals surface area contributed by atoms with Crippen molar-refractivity contribution in [2.45, 2.75) is 44.9 Å². The first-order valence-corrected chi connectivity index (χ1v) is 7.08. The molecule has 2 aliphatic rings. The predicted molar refractivity (Wildman–Crippen MR) is 69.0 cm³/mol. The highest BCUT2D eigenvalue weighted by atomic mass is 16.5. The SMILES string of the molecule is CCCn1nncc1C(=O)C1CN2CCCC2CO1. The summed E-state index contributed by atoms with van der Waals surface area (Å²) in [5.41, 5.74) is 0.574. The van der Waals surface area contributed by atoms with E-state index in [0.717, 1.165) is 19.5 Å². The van der Waals surface area contributed by atoms with Crippen molar-refractivity contribution >= 4 is 5.78 Å². The maximum absolute atomic E-state index is 12.5. The molecule has 104 valence electrons. The van der Waals surface area contributed by atoms with E-state index >= 15 is 0 Å². The topological polar surface area (TPSA) is 60.2 Å². The molecule has 0 aromatic carbocycles. The molecule has 3 heterocycles. The number of carbonyl (C=O) groups excluding carboxylic acids is 1. The van der Waals surface area contributed by atoms with Gasteiger partial charge < -0.3 is 4.74 Å². The molecular formula is C13H20N4O2. The highest BCUT2D eigenvalue weighted by Gasteiger charge is 2.36. The van der Waals surface area contributed by atoms with Crippen LogP contribution in [0.1, 0.15) is 36.7 Å². The van der Waals surface area contributed by atoms with Crippen LogP contribution in [0.15, 0.2) is 6.20 Å². The summed E-state index contributed by atoms with van der Waals surface area (Å²) in [6.07, 6.45) is 4.53. The maximum Gasteiger partial charge on any atom is 0.212 e. The van der Waals surface area contributed by atoms with Gasteiger partial charge in [0.2, 0.25) is 5.78 Å². The van der Waals surface area contributed by atoms with Gasteiger partial charge in [0.05, 0.1) is 12.8 Å². The van der Waals surface area contributed by atoms with Gasteiger partial charge in [-0.3, -0.25) is 9.69 Å². The van der Waals surface area contributed by atoms with Crippen LogP contribution in [0.25, 0.3) is 0 Å². The average Bonchev–Trinajstić information content (AvgIpc) is 3.05. The lowest BCUT2D eigenvalue weighted by molar-refractivity contribution is -0.0348. The molecular weight excluding hydrogens is 244 g/mol. The third-order valence-electron chi connectivity index (χ3n) is 3.99. The first kappa shape index (κ1) is 12.7. The van der Waals surface area contributed by atoms with E-state index < -0.39 is 0 Å². The molecule has 0 N–H and O–H groups in total. The normalized spacial score (nSPS) is 27.4. The number of morpholine rings is 1. The molecule has 0 radical (unpaired) electrons. The third-order valence-corrected chi connectivity index (χ3v) is 3.99. The molecule has 19 heavy (non-hydrogen) atoms. The second-order valence-corrected chi connectivity index (χ2v) is 5.32. The van der Waals surface area contributed by atoms with Gasteiger partial charge in [-0.2, -0.15) is 0 Å². The van der Waals surface area contributed by atoms with Crippen molar-refractivity contribution in [2.75, 3.05) is 19.7 Å². The summed E-state index contributed by atoms with van der Waals surface area (Å²) >= 11 is 0. The van der Waals surface area contributed by atoms with Crippen LogP contribution in [-0.2, 0) is 11.3 Å². The van der Waals surface area contributed by atoms with Crippen LogP contribution in [0.2, 0.25) is 0 Å². The zero-order valence-corrected chi connectivity index (χ0v) is 11.3. The molecule has 0 saturated carbocycles. The number of ketones is 1. The van der Waals surface area contributed by atoms with Gasteiger partial charge in [0.1, 0.15) is 11.8 Å². The van der Waals surface area contributed by atoms with E-state index in [1.807, 2.05) is 0 Å². The zero-order valence-electron chi connectivity index (χ0n) is 11.3. The number of ether oxygens (including phenoxy) is 1. The highest BCUT2D eigenvalue weighted by Crippen LogP contribution is 2.23. The lowest BCUT2D eigenvalue weighted by Crippen LogP contribution is -2.49. The number of hydrogen-bond acceptors (Lipinski definition) is 5. The molecule has 0 bridgehead atoms. The number of hydrogen-bond donors (Lipinski definition) is 0. The van der Waals surface area contributed by atoms with Crippen molar-refractivity contribution in [1.82, 2.24) is 19.9 Å². The number of rotatable bonds is 4. The number of nitrogens with zero attached hydrogens (tertiary/aromatic N) is 4. The van der Waals surface area contributed by atoms with Gasteiger partial charge in [-0.05, 0) is 25.8 Å². The Morgan fingerprint density at radius 3 is 3.32 bits per heavy atom. The minimum atomic E-state index is -0.358. The quantitative estimate of drug-likeness (QED) is 0.750. The van der Waals surface area contributed by atoms with Crippen molar-refractivity contribution in [3.8, 4) is 0 Å². The summed E-state index contributed by atoms with van der Waals surface area (Å²) in [6.45, 7) is 5.25. The van der Waals surface area contributed by atoms with E-state index in [9.17, 15) is 4.79 Å². The van der Waals surface area contributed by atoms with Crippen LogP contribution in [0.5, 0.6) is 0 Å². The average molecular weight is 264 g/mol. The Hall–Kier alpha value is -1.27. The molecule has 0 spiro atoms. The van der Waals surface area contributed by atoms with Crippen LogP contribution >= 0.6 is 0 Å². The molecule has 6 heteroatoms. The Balaban J connectivity index is 1.71. The standard InChI is InChI=1S/C13H20N4O2/c1-2-5-17-11(7-14-15-17)13(18)12-8-16-6-3-4-10(16)9-19-12/h7,10,12H,2-6,8-9H2,1H3. The van der Waals surface area contributed by atoms with Crippen molar-refractivity contribution in [3.63, 3.8) is 0 Å². The summed E-state index contributed by atoms with van der Waals surface area (Å²) in [5, 5.41) is 7.81. The molecule has 1 aromatic rings. The number of aryl methyl sites for hydroxylation is 1. The smallest absolute Gasteiger partial charge is 0.212 e. The monoisotopic (exact) mass is 264 g/mol. The van der Waals surface area contributed by atoms with E-state index in [1.165, 1.54) is 12.8 Å². The largest absolute Gasteiger partial charge is 0.367 e. The number of carbonyl (C=O) groups is 1. The van der Waals surface area contributed by atoms with Crippen molar-refractivity contribution in [3.05, 3.63) is 11.9 Å². The van der Waals surface area contributed by atoms with E-state index in [0.29, 0.717) is 24.9 Å². The molecule has 1 aromatic heterocycles. The molecule has 6 nitrogen and oxygen atoms in total. The van der Waals surface area contributed by atoms with Gasteiger partial charge in [0, 0.05) is 19.1 Å². The second kappa shape index (κ2) is 5.38. The summed E-state index contributed by atoms with van der Waals surface area (Å²) in [6, 6.07) is 0.516. The fourth-order valence-electron chi connectivity index (χ4n) is 2.97. The van der Waals surface area contributed by atoms with Gasteiger partial charge >= 0.3 is 0 Å². The fraction of sp³-hybridized carbons (Fsp3) is 0.769. The third kappa shape index (κ3) is 2.42. The van der Waals surface area contributed by atoms with Gasteiger partial charge in [0.25, 0.3) is 0 Å². The van der Waals surface area contributed by atoms with E-state index in [2.05, 4.69) is 22.1 Å². The van der Waals surface area contributed by atoms with Gasteiger partial charge in [0.15, 0.2) is 0 Å². The van der Waals surface area contributed by atoms with Crippen molar-refractivity contribution in [2.24, 2.45) is 0 Å². The predicted octanol–water partition coefficient (Wildman–Crippen LogP) is 0.734. The van der Waals surface area contributed by atoms with Gasteiger partial charge in [-0.15, -0.1) is 5.10 Å². The lowest BCUT2D eigenvalue weighted by Gasteiger charge is -2.34. The molecule has 2 unspecified atom stereocenters. The Kier molecular flexibility index (Phi) is 3.61. The van der Waals surface area contributed by atoms with Crippen molar-refractivity contribution < 1.29 is 9.53 Å². The first-order valence-electron chi connectivity index (χ1n) is 7.08. The van der Waals surface area contributed by atoms with Gasteiger partial charge in [-0.25, -0.2) is 4.68 Å². The highest BCUT2D eigenvalue weighted by molar-refractivity contribution is 5.98. The van der Waals surface area contributed by atoms with E-state index in [-0.39, 0.29) is 11.9 Å². The van der Waals surface area contributed by atoms with Crippen LogP contribution in [0.3, 0.4) is 0 Å². The van der Waals surface area contributed by atoms with E-state index in [4.69, 9.17) is 4.74 Å². The van der Waals surface area contributed by atoms with Crippen molar-refractivity contribution in [1.29, 1.82) is 0 Å². The number of aromatic nitrogens is 3. The summed E-state index contributed by atoms with van der Waals surface area (Å²) in [4.78, 5) is 14.9. The van der Waals surface area contributed by atoms with Crippen LogP contribution in [-0.4, -0.2) is 57.5 Å². The van der Waals surface area contributed by atoms with E-state index in [1.54, 1.807) is 10.9 Å². The molecule has 3 rings (SSSR count). The summed E-state index contributed by atoms with van der Waals surface area (Å²) in [5.74, 6) is 0.0174. The minimum Gasteiger partial charge on any atom is -0.367 e. The number of Topliss-reactive ketones (excluding diaryl/α,β-unsaturated/α-hetero) is 1. The molecule has 2 saturated heterocycles. The summed E-state index contributed by atoms with van der Waals surface area (Å²) in [7, 11) is 0. The zero-order chi connectivity index (χ0) is 13.2. The Morgan fingerprint density at radius 1 is 1.58 bits per heavy atom. The Labute approximate surface area is 112 Å². The Bertz CT molecular complexity index is 459. The van der Waals surface area contributed by atoms with Crippen LogP contribution in [0.4, 0.5) is 0 Å². The Morgan fingerprint density at radius 2 is 2.47 bits per heavy atom. The first-order chi connectivity index (χ1) is 9.29. The summed E-state index contributed by atoms with van der Waals surface area (Å²) < 4.78 is 7.43. The van der Waals surface area contributed by atoms with Gasteiger partial charge in [-0.1, -0.05) is 12.1 Å². The molecule has 0 amide bonds. The molecule has 2 atom stereocenters. The fourth-order valence-corrected chi connectivity index (χ4v) is 2.97. The lowest BCUT2D eigenvalue weighted by atomic mass is 10.1. The van der Waals surface area contributed by atoms with Crippen LogP contribution in [0, 0.1) is 0 Å². The second-order valence-electron chi connectivity index (χ2n) is 5.32.